The molecule has 0 aliphatic rings. The van der Waals surface area contributed by atoms with Crippen LogP contribution in [0.4, 0.5) is 0 Å². The first-order chi connectivity index (χ1) is 19.1. The van der Waals surface area contributed by atoms with Crippen molar-refractivity contribution in [3.8, 4) is 0 Å². The van der Waals surface area contributed by atoms with Gasteiger partial charge in [0.25, 0.3) is 0 Å². The van der Waals surface area contributed by atoms with Crippen molar-refractivity contribution in [2.24, 2.45) is 5.92 Å². The molecule has 0 fully saturated rings. The van der Waals surface area contributed by atoms with Crippen molar-refractivity contribution < 1.29 is 18.0 Å². The van der Waals surface area contributed by atoms with E-state index in [-0.39, 0.29) is 42.1 Å². The molecule has 3 aromatic rings. The minimum Gasteiger partial charge on any atom is -0.354 e. The number of halogens is 1. The Morgan fingerprint density at radius 3 is 2.15 bits per heavy atom. The summed E-state index contributed by atoms with van der Waals surface area (Å²) in [6.07, 6.45) is 0.733. The molecule has 0 radical (unpaired) electrons. The molecule has 0 heterocycles. The first-order valence-corrected chi connectivity index (χ1v) is 15.3. The van der Waals surface area contributed by atoms with Gasteiger partial charge in [-0.2, -0.15) is 0 Å². The lowest BCUT2D eigenvalue weighted by molar-refractivity contribution is -0.141. The summed E-state index contributed by atoms with van der Waals surface area (Å²) < 4.78 is 27.1. The smallest absolute Gasteiger partial charge is 0.243 e. The highest BCUT2D eigenvalue weighted by molar-refractivity contribution is 7.89. The Morgan fingerprint density at radius 1 is 0.900 bits per heavy atom. The molecular weight excluding hydrogens is 546 g/mol. The van der Waals surface area contributed by atoms with Crippen LogP contribution >= 0.6 is 11.6 Å². The fourth-order valence-electron chi connectivity index (χ4n) is 4.30. The molecule has 0 aromatic heterocycles. The summed E-state index contributed by atoms with van der Waals surface area (Å²) in [6.45, 7) is 4.88. The van der Waals surface area contributed by atoms with Gasteiger partial charge in [0.1, 0.15) is 6.04 Å². The Balaban J connectivity index is 1.82. The second-order valence-electron chi connectivity index (χ2n) is 10.2. The van der Waals surface area contributed by atoms with Gasteiger partial charge in [-0.3, -0.25) is 9.59 Å². The molecule has 0 aliphatic heterocycles. The second-order valence-corrected chi connectivity index (χ2v) is 12.7. The zero-order valence-electron chi connectivity index (χ0n) is 23.3. The SMILES string of the molecule is CC(C)CNC(=O)C(Cc1ccccc1)N(Cc1cccc(Cl)c1)C(=O)CCCN(C)S(=O)(=O)c1ccccc1. The highest BCUT2D eigenvalue weighted by Gasteiger charge is 2.30. The fourth-order valence-corrected chi connectivity index (χ4v) is 5.74. The zero-order valence-corrected chi connectivity index (χ0v) is 24.9. The summed E-state index contributed by atoms with van der Waals surface area (Å²) in [7, 11) is -2.16. The van der Waals surface area contributed by atoms with Crippen LogP contribution in [0.3, 0.4) is 0 Å². The van der Waals surface area contributed by atoms with E-state index >= 15 is 0 Å². The van der Waals surface area contributed by atoms with Crippen LogP contribution in [0.2, 0.25) is 5.02 Å². The molecule has 0 spiro atoms. The third-order valence-corrected chi connectivity index (χ3v) is 8.62. The third-order valence-electron chi connectivity index (χ3n) is 6.51. The maximum atomic E-state index is 13.8. The van der Waals surface area contributed by atoms with Gasteiger partial charge in [0.2, 0.25) is 21.8 Å². The number of hydrogen-bond acceptors (Lipinski definition) is 4. The van der Waals surface area contributed by atoms with Crippen molar-refractivity contribution in [1.82, 2.24) is 14.5 Å². The zero-order chi connectivity index (χ0) is 29.1. The van der Waals surface area contributed by atoms with Crippen LogP contribution in [0.25, 0.3) is 0 Å². The molecule has 1 atom stereocenters. The number of rotatable bonds is 14. The van der Waals surface area contributed by atoms with E-state index in [2.05, 4.69) is 5.32 Å². The van der Waals surface area contributed by atoms with Gasteiger partial charge in [0.05, 0.1) is 4.90 Å². The van der Waals surface area contributed by atoms with Crippen LogP contribution in [0.5, 0.6) is 0 Å². The summed E-state index contributed by atoms with van der Waals surface area (Å²) in [6, 6.07) is 24.3. The molecule has 1 unspecified atom stereocenters. The Labute approximate surface area is 243 Å². The highest BCUT2D eigenvalue weighted by atomic mass is 35.5. The van der Waals surface area contributed by atoms with E-state index in [1.165, 1.54) is 11.4 Å². The van der Waals surface area contributed by atoms with Crippen molar-refractivity contribution in [2.45, 2.75) is 50.6 Å². The molecule has 9 heteroatoms. The average Bonchev–Trinajstić information content (AvgIpc) is 2.94. The van der Waals surface area contributed by atoms with Crippen LogP contribution in [-0.2, 0) is 32.6 Å². The molecular formula is C31H38ClN3O4S. The maximum Gasteiger partial charge on any atom is 0.243 e. The monoisotopic (exact) mass is 583 g/mol. The van der Waals surface area contributed by atoms with E-state index in [4.69, 9.17) is 11.6 Å². The van der Waals surface area contributed by atoms with Gasteiger partial charge >= 0.3 is 0 Å². The average molecular weight is 584 g/mol. The van der Waals surface area contributed by atoms with Crippen LogP contribution in [0, 0.1) is 5.92 Å². The second kappa shape index (κ2) is 15.0. The standard InChI is InChI=1S/C31H38ClN3O4S/c1-24(2)22-33-31(37)29(21-25-12-6-4-7-13-25)35(23-26-14-10-15-27(32)20-26)30(36)18-11-19-34(3)40(38,39)28-16-8-5-9-17-28/h4-10,12-17,20,24,29H,11,18-19,21-23H2,1-3H3,(H,33,37). The van der Waals surface area contributed by atoms with Crippen molar-refractivity contribution in [1.29, 1.82) is 0 Å². The van der Waals surface area contributed by atoms with Crippen LogP contribution < -0.4 is 5.32 Å². The summed E-state index contributed by atoms with van der Waals surface area (Å²) in [4.78, 5) is 29.1. The molecule has 2 amide bonds. The predicted octanol–water partition coefficient (Wildman–Crippen LogP) is 5.15. The van der Waals surface area contributed by atoms with Gasteiger partial charge in [0.15, 0.2) is 0 Å². The Hall–Kier alpha value is -3.20. The topological polar surface area (TPSA) is 86.8 Å². The normalized spacial score (nSPS) is 12.3. The molecule has 0 saturated carbocycles. The fraction of sp³-hybridized carbons (Fsp3) is 0.355. The van der Waals surface area contributed by atoms with Crippen LogP contribution in [0.1, 0.15) is 37.8 Å². The first kappa shape index (κ1) is 31.3. The molecule has 3 rings (SSSR count). The van der Waals surface area contributed by atoms with Gasteiger partial charge in [0, 0.05) is 44.5 Å². The third kappa shape index (κ3) is 9.18. The highest BCUT2D eigenvalue weighted by Crippen LogP contribution is 2.20. The molecule has 1 N–H and O–H groups in total. The van der Waals surface area contributed by atoms with Gasteiger partial charge in [-0.15, -0.1) is 0 Å². The maximum absolute atomic E-state index is 13.8. The van der Waals surface area contributed by atoms with Crippen molar-refractivity contribution in [3.63, 3.8) is 0 Å². The minimum atomic E-state index is -3.67. The molecule has 7 nitrogen and oxygen atoms in total. The number of nitrogens with zero attached hydrogens (tertiary/aromatic N) is 2. The van der Waals surface area contributed by atoms with Gasteiger partial charge in [-0.25, -0.2) is 12.7 Å². The van der Waals surface area contributed by atoms with E-state index in [0.717, 1.165) is 11.1 Å². The van der Waals surface area contributed by atoms with Crippen molar-refractivity contribution >= 4 is 33.4 Å². The van der Waals surface area contributed by atoms with Gasteiger partial charge in [-0.05, 0) is 47.7 Å². The molecule has 0 aliphatic carbocycles. The number of benzene rings is 3. The van der Waals surface area contributed by atoms with E-state index < -0.39 is 16.1 Å². The summed E-state index contributed by atoms with van der Waals surface area (Å²) in [5.41, 5.74) is 1.74. The van der Waals surface area contributed by atoms with E-state index in [9.17, 15) is 18.0 Å². The minimum absolute atomic E-state index is 0.0813. The molecule has 0 bridgehead atoms. The summed E-state index contributed by atoms with van der Waals surface area (Å²) >= 11 is 6.23. The van der Waals surface area contributed by atoms with E-state index in [1.807, 2.05) is 56.3 Å². The number of nitrogens with one attached hydrogen (secondary N) is 1. The largest absolute Gasteiger partial charge is 0.354 e. The quantitative estimate of drug-likeness (QED) is 0.284. The molecule has 0 saturated heterocycles. The number of sulfonamides is 1. The van der Waals surface area contributed by atoms with Crippen molar-refractivity contribution in [3.05, 3.63) is 101 Å². The number of carbonyl (C=O) groups is 2. The summed E-state index contributed by atoms with van der Waals surface area (Å²) in [5.74, 6) is -0.205. The lowest BCUT2D eigenvalue weighted by Gasteiger charge is -2.32. The van der Waals surface area contributed by atoms with E-state index in [0.29, 0.717) is 24.4 Å². The van der Waals surface area contributed by atoms with Crippen LogP contribution in [-0.4, -0.2) is 55.6 Å². The van der Waals surface area contributed by atoms with Crippen molar-refractivity contribution in [2.75, 3.05) is 20.1 Å². The van der Waals surface area contributed by atoms with E-state index in [1.54, 1.807) is 47.4 Å². The lowest BCUT2D eigenvalue weighted by Crippen LogP contribution is -2.51. The number of carbonyl (C=O) groups excluding carboxylic acids is 2. The Bertz CT molecular complexity index is 1350. The molecule has 214 valence electrons. The van der Waals surface area contributed by atoms with Gasteiger partial charge < -0.3 is 10.2 Å². The Kier molecular flexibility index (Phi) is 11.7. The first-order valence-electron chi connectivity index (χ1n) is 13.4. The van der Waals surface area contributed by atoms with Crippen LogP contribution in [0.15, 0.2) is 89.8 Å². The predicted molar refractivity (Wildman–Crippen MR) is 159 cm³/mol. The van der Waals surface area contributed by atoms with Gasteiger partial charge in [-0.1, -0.05) is 86.1 Å². The number of amides is 2. The lowest BCUT2D eigenvalue weighted by atomic mass is 10.0. The Morgan fingerprint density at radius 2 is 1.52 bits per heavy atom. The molecule has 40 heavy (non-hydrogen) atoms. The molecule has 3 aromatic carbocycles. The number of hydrogen-bond donors (Lipinski definition) is 1. The summed E-state index contributed by atoms with van der Waals surface area (Å²) in [5, 5.41) is 3.54.